The predicted molar refractivity (Wildman–Crippen MR) is 135 cm³/mol. The van der Waals surface area contributed by atoms with Gasteiger partial charge in [-0.1, -0.05) is 23.7 Å². The van der Waals surface area contributed by atoms with Crippen molar-refractivity contribution in [2.75, 3.05) is 19.5 Å². The number of rotatable bonds is 7. The molecule has 0 spiro atoms. The number of nitrogens with one attached hydrogen (secondary N) is 2. The van der Waals surface area contributed by atoms with Gasteiger partial charge in [-0.15, -0.1) is 12.4 Å². The molecule has 10 heteroatoms. The number of halogens is 2. The molecule has 4 rings (SSSR count). The van der Waals surface area contributed by atoms with Crippen LogP contribution in [-0.2, 0) is 16.6 Å². The molecule has 0 saturated heterocycles. The van der Waals surface area contributed by atoms with E-state index in [4.69, 9.17) is 16.3 Å². The maximum Gasteiger partial charge on any atom is 0.268 e. The van der Waals surface area contributed by atoms with E-state index in [1.807, 2.05) is 38.2 Å². The van der Waals surface area contributed by atoms with Gasteiger partial charge in [-0.05, 0) is 55.9 Å². The van der Waals surface area contributed by atoms with Gasteiger partial charge in [-0.3, -0.25) is 0 Å². The van der Waals surface area contributed by atoms with E-state index in [2.05, 4.69) is 15.6 Å². The fourth-order valence-corrected chi connectivity index (χ4v) is 5.19. The smallest absolute Gasteiger partial charge is 0.268 e. The van der Waals surface area contributed by atoms with Crippen molar-refractivity contribution in [2.24, 2.45) is 0 Å². The maximum atomic E-state index is 13.5. The van der Waals surface area contributed by atoms with Crippen molar-refractivity contribution in [2.45, 2.75) is 18.4 Å². The van der Waals surface area contributed by atoms with Gasteiger partial charge in [0, 0.05) is 35.6 Å². The van der Waals surface area contributed by atoms with Crippen molar-refractivity contribution >= 4 is 56.3 Å². The van der Waals surface area contributed by atoms with E-state index in [1.165, 1.54) is 17.1 Å². The highest BCUT2D eigenvalue weighted by Crippen LogP contribution is 2.31. The molecule has 33 heavy (non-hydrogen) atoms. The monoisotopic (exact) mass is 506 g/mol. The molecule has 2 aromatic carbocycles. The number of aromatic nitrogens is 2. The Morgan fingerprint density at radius 3 is 2.61 bits per heavy atom. The molecule has 7 nitrogen and oxygen atoms in total. The first-order valence-corrected chi connectivity index (χ1v) is 11.7. The summed E-state index contributed by atoms with van der Waals surface area (Å²) in [7, 11) is -0.530. The largest absolute Gasteiger partial charge is 0.497 e. The van der Waals surface area contributed by atoms with Crippen molar-refractivity contribution in [3.63, 3.8) is 0 Å². The molecule has 0 amide bonds. The molecule has 0 fully saturated rings. The Labute approximate surface area is 204 Å². The SMILES string of the molecule is CNCc1cn(S(=O)(=O)c2cccc(OC)c2)c2cc(Nc3ccc(C)nc3Cl)ccc12.Cl. The Bertz CT molecular complexity index is 1400. The highest BCUT2D eigenvalue weighted by Gasteiger charge is 2.22. The van der Waals surface area contributed by atoms with E-state index in [0.717, 1.165) is 16.6 Å². The van der Waals surface area contributed by atoms with Crippen molar-refractivity contribution in [3.8, 4) is 5.75 Å². The molecule has 0 unspecified atom stereocenters. The van der Waals surface area contributed by atoms with Gasteiger partial charge in [0.2, 0.25) is 0 Å². The van der Waals surface area contributed by atoms with E-state index in [0.29, 0.717) is 34.3 Å². The first kappa shape index (κ1) is 24.9. The zero-order valence-corrected chi connectivity index (χ0v) is 20.7. The molecule has 2 N–H and O–H groups in total. The number of hydrogen-bond donors (Lipinski definition) is 2. The van der Waals surface area contributed by atoms with Crippen LogP contribution in [0, 0.1) is 6.92 Å². The molecule has 0 saturated carbocycles. The first-order chi connectivity index (χ1) is 15.3. The minimum absolute atomic E-state index is 0. The van der Waals surface area contributed by atoms with Crippen LogP contribution in [0.4, 0.5) is 11.4 Å². The van der Waals surface area contributed by atoms with E-state index >= 15 is 0 Å². The van der Waals surface area contributed by atoms with Crippen LogP contribution in [0.25, 0.3) is 10.9 Å². The second kappa shape index (κ2) is 10.0. The van der Waals surface area contributed by atoms with Crippen LogP contribution in [0.3, 0.4) is 0 Å². The number of hydrogen-bond acceptors (Lipinski definition) is 6. The first-order valence-electron chi connectivity index (χ1n) is 9.92. The number of ether oxygens (including phenoxy) is 1. The standard InChI is InChI=1S/C23H23ClN4O3S.ClH/c1-15-7-10-21(23(24)26-15)27-17-8-9-20-16(13-25-2)14-28(22(20)11-17)32(29,30)19-6-4-5-18(12-19)31-3;/h4-12,14,25,27H,13H2,1-3H3;1H. The molecule has 4 aromatic rings. The molecular formula is C23H24Cl2N4O3S. The number of fused-ring (bicyclic) bond motifs is 1. The lowest BCUT2D eigenvalue weighted by Crippen LogP contribution is -2.12. The molecule has 174 valence electrons. The quantitative estimate of drug-likeness (QED) is 0.338. The van der Waals surface area contributed by atoms with Crippen LogP contribution in [-0.4, -0.2) is 31.5 Å². The predicted octanol–water partition coefficient (Wildman–Crippen LogP) is 5.13. The highest BCUT2D eigenvalue weighted by molar-refractivity contribution is 7.90. The Hall–Kier alpha value is -2.78. The zero-order chi connectivity index (χ0) is 22.9. The highest BCUT2D eigenvalue weighted by atomic mass is 35.5. The van der Waals surface area contributed by atoms with Crippen LogP contribution in [0.5, 0.6) is 5.75 Å². The number of benzene rings is 2. The fraction of sp³-hybridized carbons (Fsp3) is 0.174. The van der Waals surface area contributed by atoms with Crippen LogP contribution in [0.15, 0.2) is 65.7 Å². The van der Waals surface area contributed by atoms with Crippen LogP contribution in [0.1, 0.15) is 11.3 Å². The van der Waals surface area contributed by atoms with E-state index in [9.17, 15) is 8.42 Å². The molecular weight excluding hydrogens is 483 g/mol. The molecule has 0 aliphatic rings. The summed E-state index contributed by atoms with van der Waals surface area (Å²) in [5.74, 6) is 0.474. The van der Waals surface area contributed by atoms with Crippen LogP contribution >= 0.6 is 24.0 Å². The van der Waals surface area contributed by atoms with Gasteiger partial charge in [-0.2, -0.15) is 0 Å². The summed E-state index contributed by atoms with van der Waals surface area (Å²) in [6.45, 7) is 2.39. The van der Waals surface area contributed by atoms with Gasteiger partial charge in [0.05, 0.1) is 23.2 Å². The van der Waals surface area contributed by atoms with Crippen molar-refractivity contribution < 1.29 is 13.2 Å². The van der Waals surface area contributed by atoms with Gasteiger partial charge in [0.15, 0.2) is 5.15 Å². The van der Waals surface area contributed by atoms with Crippen molar-refractivity contribution in [3.05, 3.63) is 77.2 Å². The molecule has 0 bridgehead atoms. The third kappa shape index (κ3) is 4.94. The van der Waals surface area contributed by atoms with Crippen LogP contribution in [0.2, 0.25) is 5.15 Å². The summed E-state index contributed by atoms with van der Waals surface area (Å²) in [4.78, 5) is 4.40. The molecule has 2 heterocycles. The lowest BCUT2D eigenvalue weighted by molar-refractivity contribution is 0.413. The molecule has 0 aliphatic carbocycles. The lowest BCUT2D eigenvalue weighted by Gasteiger charge is -2.11. The Balaban J connectivity index is 0.00000306. The van der Waals surface area contributed by atoms with E-state index in [-0.39, 0.29) is 17.3 Å². The average Bonchev–Trinajstić information content (AvgIpc) is 3.14. The molecule has 2 aromatic heterocycles. The summed E-state index contributed by atoms with van der Waals surface area (Å²) in [6, 6.07) is 15.7. The second-order valence-corrected chi connectivity index (χ2v) is 9.49. The number of pyridine rings is 1. The van der Waals surface area contributed by atoms with Crippen LogP contribution < -0.4 is 15.4 Å². The van der Waals surface area contributed by atoms with Gasteiger partial charge in [-0.25, -0.2) is 17.4 Å². The molecule has 0 aliphatic heterocycles. The lowest BCUT2D eigenvalue weighted by atomic mass is 10.1. The number of anilines is 2. The topological polar surface area (TPSA) is 85.2 Å². The number of aryl methyl sites for hydroxylation is 1. The van der Waals surface area contributed by atoms with Gasteiger partial charge in [0.25, 0.3) is 10.0 Å². The van der Waals surface area contributed by atoms with Crippen molar-refractivity contribution in [1.29, 1.82) is 0 Å². The second-order valence-electron chi connectivity index (χ2n) is 7.31. The molecule has 0 radical (unpaired) electrons. The normalized spacial score (nSPS) is 11.3. The zero-order valence-electron chi connectivity index (χ0n) is 18.3. The Kier molecular flexibility index (Phi) is 7.54. The summed E-state index contributed by atoms with van der Waals surface area (Å²) in [5.41, 5.74) is 3.57. The van der Waals surface area contributed by atoms with Gasteiger partial charge < -0.3 is 15.4 Å². The summed E-state index contributed by atoms with van der Waals surface area (Å²) < 4.78 is 33.6. The minimum Gasteiger partial charge on any atom is -0.497 e. The van der Waals surface area contributed by atoms with E-state index < -0.39 is 10.0 Å². The Morgan fingerprint density at radius 2 is 1.91 bits per heavy atom. The van der Waals surface area contributed by atoms with Gasteiger partial charge in [0.1, 0.15) is 5.75 Å². The summed E-state index contributed by atoms with van der Waals surface area (Å²) in [5, 5.41) is 7.51. The third-order valence-electron chi connectivity index (χ3n) is 5.09. The average molecular weight is 507 g/mol. The fourth-order valence-electron chi connectivity index (χ4n) is 3.52. The molecule has 0 atom stereocenters. The van der Waals surface area contributed by atoms with Crippen molar-refractivity contribution in [1.82, 2.24) is 14.3 Å². The third-order valence-corrected chi connectivity index (χ3v) is 7.04. The Morgan fingerprint density at radius 1 is 1.12 bits per heavy atom. The van der Waals surface area contributed by atoms with E-state index in [1.54, 1.807) is 30.5 Å². The summed E-state index contributed by atoms with van der Waals surface area (Å²) >= 11 is 6.26. The number of nitrogens with zero attached hydrogens (tertiary/aromatic N) is 2. The minimum atomic E-state index is -3.86. The maximum absolute atomic E-state index is 13.5. The summed E-state index contributed by atoms with van der Waals surface area (Å²) in [6.07, 6.45) is 1.65. The number of methoxy groups -OCH3 is 1. The van der Waals surface area contributed by atoms with Gasteiger partial charge >= 0.3 is 0 Å².